The van der Waals surface area contributed by atoms with Crippen LogP contribution in [0.5, 0.6) is 0 Å². The Balaban J connectivity index is 2.12. The molecule has 0 fully saturated rings. The minimum atomic E-state index is -1.12. The van der Waals surface area contributed by atoms with Crippen LogP contribution in [0.1, 0.15) is 15.9 Å². The third-order valence-electron chi connectivity index (χ3n) is 2.08. The van der Waals surface area contributed by atoms with Gasteiger partial charge in [-0.3, -0.25) is 0 Å². The Kier molecular flexibility index (Phi) is 3.64. The van der Waals surface area contributed by atoms with E-state index in [2.05, 4.69) is 5.38 Å². The zero-order valence-electron chi connectivity index (χ0n) is 8.38. The first-order valence-electron chi connectivity index (χ1n) is 4.71. The molecule has 0 saturated heterocycles. The van der Waals surface area contributed by atoms with Gasteiger partial charge in [-0.1, -0.05) is 18.2 Å². The van der Waals surface area contributed by atoms with E-state index in [1.165, 1.54) is 17.3 Å². The molecule has 16 heavy (non-hydrogen) atoms. The second-order valence-electron chi connectivity index (χ2n) is 3.20. The summed E-state index contributed by atoms with van der Waals surface area (Å²) < 4.78 is 0. The van der Waals surface area contributed by atoms with Gasteiger partial charge in [-0.2, -0.15) is 11.3 Å². The first-order valence-corrected chi connectivity index (χ1v) is 6.64. The number of hydrogen-bond donors (Lipinski definition) is 0. The first kappa shape index (κ1) is 11.2. The zero-order chi connectivity index (χ0) is 11.4. The maximum atomic E-state index is 10.9. The van der Waals surface area contributed by atoms with Crippen LogP contribution in [-0.4, -0.2) is 5.97 Å². The van der Waals surface area contributed by atoms with Crippen LogP contribution in [-0.2, 0) is 5.75 Å². The minimum absolute atomic E-state index is 0.266. The smallest absolute Gasteiger partial charge is 0.0726 e. The van der Waals surface area contributed by atoms with Crippen molar-refractivity contribution in [2.45, 2.75) is 10.6 Å². The molecule has 1 aromatic heterocycles. The molecule has 0 radical (unpaired) electrons. The van der Waals surface area contributed by atoms with Gasteiger partial charge < -0.3 is 9.90 Å². The summed E-state index contributed by atoms with van der Waals surface area (Å²) in [6.07, 6.45) is 0. The molecule has 82 valence electrons. The fraction of sp³-hybridized carbons (Fsp3) is 0.0833. The number of aromatic carboxylic acids is 1. The number of hydrogen-bond acceptors (Lipinski definition) is 4. The van der Waals surface area contributed by atoms with E-state index in [1.807, 2.05) is 23.6 Å². The predicted octanol–water partition coefficient (Wildman–Crippen LogP) is 2.40. The summed E-state index contributed by atoms with van der Waals surface area (Å²) in [4.78, 5) is 11.6. The van der Waals surface area contributed by atoms with Gasteiger partial charge in [-0.15, -0.1) is 11.8 Å². The molecular formula is C12H9O2S2-. The van der Waals surface area contributed by atoms with Crippen molar-refractivity contribution in [3.8, 4) is 0 Å². The van der Waals surface area contributed by atoms with Crippen molar-refractivity contribution in [1.29, 1.82) is 0 Å². The van der Waals surface area contributed by atoms with Crippen molar-refractivity contribution in [3.63, 3.8) is 0 Å². The highest BCUT2D eigenvalue weighted by Gasteiger charge is 2.03. The first-order chi connectivity index (χ1) is 7.77. The Bertz CT molecular complexity index is 478. The van der Waals surface area contributed by atoms with Crippen molar-refractivity contribution >= 4 is 29.1 Å². The molecule has 0 aliphatic heterocycles. The third-order valence-corrected chi connectivity index (χ3v) is 3.96. The Morgan fingerprint density at radius 1 is 1.31 bits per heavy atom. The minimum Gasteiger partial charge on any atom is -0.545 e. The van der Waals surface area contributed by atoms with Gasteiger partial charge in [0.2, 0.25) is 0 Å². The SMILES string of the molecule is O=C([O-])c1ccccc1SCc1ccsc1. The molecule has 0 bridgehead atoms. The standard InChI is InChI=1S/C12H10O2S2/c13-12(14)10-3-1-2-4-11(10)16-8-9-5-6-15-7-9/h1-7H,8H2,(H,13,14)/p-1. The number of thiophene rings is 1. The van der Waals surface area contributed by atoms with Crippen LogP contribution in [0.2, 0.25) is 0 Å². The Morgan fingerprint density at radius 3 is 2.81 bits per heavy atom. The Labute approximate surface area is 102 Å². The lowest BCUT2D eigenvalue weighted by Gasteiger charge is -2.08. The van der Waals surface area contributed by atoms with Crippen LogP contribution in [0.4, 0.5) is 0 Å². The Hall–Kier alpha value is -1.26. The molecular weight excluding hydrogens is 240 g/mol. The van der Waals surface area contributed by atoms with Gasteiger partial charge in [0.15, 0.2) is 0 Å². The molecule has 0 aliphatic rings. The van der Waals surface area contributed by atoms with Gasteiger partial charge in [0, 0.05) is 16.2 Å². The van der Waals surface area contributed by atoms with Gasteiger partial charge in [-0.05, 0) is 28.5 Å². The summed E-state index contributed by atoms with van der Waals surface area (Å²) in [5.74, 6) is -0.332. The average Bonchev–Trinajstić information content (AvgIpc) is 2.79. The Morgan fingerprint density at radius 2 is 2.12 bits per heavy atom. The lowest BCUT2D eigenvalue weighted by molar-refractivity contribution is -0.255. The fourth-order valence-electron chi connectivity index (χ4n) is 1.30. The van der Waals surface area contributed by atoms with E-state index in [0.29, 0.717) is 0 Å². The van der Waals surface area contributed by atoms with Crippen LogP contribution in [0, 0.1) is 0 Å². The van der Waals surface area contributed by atoms with Gasteiger partial charge in [-0.25, -0.2) is 0 Å². The predicted molar refractivity (Wildman–Crippen MR) is 64.7 cm³/mol. The zero-order valence-corrected chi connectivity index (χ0v) is 10.0. The molecule has 0 unspecified atom stereocenters. The van der Waals surface area contributed by atoms with Crippen molar-refractivity contribution in [3.05, 3.63) is 52.2 Å². The molecule has 4 heteroatoms. The lowest BCUT2D eigenvalue weighted by atomic mass is 10.2. The van der Waals surface area contributed by atoms with Crippen molar-refractivity contribution in [2.24, 2.45) is 0 Å². The highest BCUT2D eigenvalue weighted by Crippen LogP contribution is 2.26. The monoisotopic (exact) mass is 249 g/mol. The number of carbonyl (C=O) groups excluding carboxylic acids is 1. The average molecular weight is 249 g/mol. The molecule has 0 amide bonds. The van der Waals surface area contributed by atoms with Crippen molar-refractivity contribution < 1.29 is 9.90 Å². The van der Waals surface area contributed by atoms with Crippen LogP contribution in [0.25, 0.3) is 0 Å². The van der Waals surface area contributed by atoms with Crippen LogP contribution < -0.4 is 5.11 Å². The maximum Gasteiger partial charge on any atom is 0.0726 e. The second kappa shape index (κ2) is 5.18. The summed E-state index contributed by atoms with van der Waals surface area (Å²) in [5, 5.41) is 14.9. The second-order valence-corrected chi connectivity index (χ2v) is 5.00. The maximum absolute atomic E-state index is 10.9. The number of thioether (sulfide) groups is 1. The molecule has 2 rings (SSSR count). The molecule has 1 heterocycles. The fourth-order valence-corrected chi connectivity index (χ4v) is 3.05. The van der Waals surface area contributed by atoms with E-state index in [4.69, 9.17) is 0 Å². The van der Waals surface area contributed by atoms with Gasteiger partial charge in [0.05, 0.1) is 5.97 Å². The number of carbonyl (C=O) groups is 1. The summed E-state index contributed by atoms with van der Waals surface area (Å²) in [6, 6.07) is 8.97. The molecule has 0 saturated carbocycles. The van der Waals surface area contributed by atoms with E-state index in [0.717, 1.165) is 10.6 Å². The third kappa shape index (κ3) is 2.65. The molecule has 2 nitrogen and oxygen atoms in total. The quantitative estimate of drug-likeness (QED) is 0.781. The highest BCUT2D eigenvalue weighted by atomic mass is 32.2. The number of rotatable bonds is 4. The van der Waals surface area contributed by atoms with Gasteiger partial charge in [0.1, 0.15) is 0 Å². The lowest BCUT2D eigenvalue weighted by Crippen LogP contribution is -2.22. The summed E-state index contributed by atoms with van der Waals surface area (Å²) in [5.41, 5.74) is 1.48. The van der Waals surface area contributed by atoms with Crippen LogP contribution in [0.3, 0.4) is 0 Å². The molecule has 0 N–H and O–H groups in total. The molecule has 2 aromatic rings. The van der Waals surface area contributed by atoms with E-state index in [1.54, 1.807) is 23.5 Å². The number of benzene rings is 1. The van der Waals surface area contributed by atoms with Crippen LogP contribution in [0.15, 0.2) is 46.0 Å². The van der Waals surface area contributed by atoms with Crippen molar-refractivity contribution in [1.82, 2.24) is 0 Å². The normalized spacial score (nSPS) is 10.2. The number of carboxylic acid groups (broad SMARTS) is 1. The van der Waals surface area contributed by atoms with E-state index < -0.39 is 5.97 Å². The van der Waals surface area contributed by atoms with Crippen molar-refractivity contribution in [2.75, 3.05) is 0 Å². The summed E-state index contributed by atoms with van der Waals surface area (Å²) in [7, 11) is 0. The van der Waals surface area contributed by atoms with E-state index in [9.17, 15) is 9.90 Å². The van der Waals surface area contributed by atoms with Crippen LogP contribution >= 0.6 is 23.1 Å². The number of carboxylic acids is 1. The summed E-state index contributed by atoms with van der Waals surface area (Å²) in [6.45, 7) is 0. The van der Waals surface area contributed by atoms with E-state index >= 15 is 0 Å². The van der Waals surface area contributed by atoms with E-state index in [-0.39, 0.29) is 5.56 Å². The van der Waals surface area contributed by atoms with Gasteiger partial charge in [0.25, 0.3) is 0 Å². The highest BCUT2D eigenvalue weighted by molar-refractivity contribution is 7.98. The van der Waals surface area contributed by atoms with Gasteiger partial charge >= 0.3 is 0 Å². The topological polar surface area (TPSA) is 40.1 Å². The summed E-state index contributed by atoms with van der Waals surface area (Å²) >= 11 is 3.16. The molecule has 0 atom stereocenters. The molecule has 0 spiro atoms. The molecule has 0 aliphatic carbocycles. The molecule has 1 aromatic carbocycles. The largest absolute Gasteiger partial charge is 0.545 e.